The van der Waals surface area contributed by atoms with Crippen LogP contribution < -0.4 is 5.46 Å². The van der Waals surface area contributed by atoms with Gasteiger partial charge in [-0.3, -0.25) is 0 Å². The molecule has 0 saturated heterocycles. The van der Waals surface area contributed by atoms with Crippen LogP contribution in [0.25, 0.3) is 0 Å². The summed E-state index contributed by atoms with van der Waals surface area (Å²) in [6.45, 7) is 3.23. The highest BCUT2D eigenvalue weighted by atomic mass is 16.6. The Kier molecular flexibility index (Phi) is 5.00. The zero-order valence-corrected chi connectivity index (χ0v) is 9.22. The van der Waals surface area contributed by atoms with E-state index in [1.54, 1.807) is 18.2 Å². The number of rotatable bonds is 5. The minimum absolute atomic E-state index is 0.00108. The lowest BCUT2D eigenvalue weighted by atomic mass is 9.94. The van der Waals surface area contributed by atoms with Crippen LogP contribution in [0.3, 0.4) is 0 Å². The summed E-state index contributed by atoms with van der Waals surface area (Å²) in [4.78, 5) is 22.1. The molecule has 4 nitrogen and oxygen atoms in total. The van der Waals surface area contributed by atoms with E-state index in [4.69, 9.17) is 12.6 Å². The molecule has 0 aliphatic heterocycles. The van der Waals surface area contributed by atoms with E-state index in [-0.39, 0.29) is 13.2 Å². The van der Waals surface area contributed by atoms with E-state index < -0.39 is 11.9 Å². The molecule has 0 heterocycles. The van der Waals surface area contributed by atoms with Crippen LogP contribution in [0.1, 0.15) is 10.4 Å². The topological polar surface area (TPSA) is 52.6 Å². The number of hydrogen-bond acceptors (Lipinski definition) is 4. The van der Waals surface area contributed by atoms with Gasteiger partial charge in [-0.1, -0.05) is 30.2 Å². The first kappa shape index (κ1) is 13.0. The zero-order valence-electron chi connectivity index (χ0n) is 9.22. The SMILES string of the molecule is [B]c1cccc(C(=O)OCCOC(=O)C=C)c1. The second kappa shape index (κ2) is 6.53. The number of hydrogen-bond donors (Lipinski definition) is 0. The first-order valence-electron chi connectivity index (χ1n) is 4.95. The van der Waals surface area contributed by atoms with Crippen LogP contribution in [0, 0.1) is 0 Å². The lowest BCUT2D eigenvalue weighted by Gasteiger charge is -2.05. The third kappa shape index (κ3) is 4.55. The molecule has 0 aromatic heterocycles. The molecule has 0 unspecified atom stereocenters. The van der Waals surface area contributed by atoms with Crippen molar-refractivity contribution in [3.63, 3.8) is 0 Å². The molecule has 5 heteroatoms. The molecule has 0 spiro atoms. The molecule has 86 valence electrons. The van der Waals surface area contributed by atoms with Crippen molar-refractivity contribution in [2.75, 3.05) is 13.2 Å². The van der Waals surface area contributed by atoms with Crippen LogP contribution in [0.5, 0.6) is 0 Å². The van der Waals surface area contributed by atoms with Gasteiger partial charge in [-0.25, -0.2) is 9.59 Å². The molecule has 17 heavy (non-hydrogen) atoms. The summed E-state index contributed by atoms with van der Waals surface area (Å²) in [7, 11) is 5.52. The number of carbonyl (C=O) groups excluding carboxylic acids is 2. The Morgan fingerprint density at radius 1 is 1.29 bits per heavy atom. The van der Waals surface area contributed by atoms with Gasteiger partial charge in [-0.2, -0.15) is 0 Å². The third-order valence-corrected chi connectivity index (χ3v) is 1.85. The lowest BCUT2D eigenvalue weighted by molar-refractivity contribution is -0.138. The smallest absolute Gasteiger partial charge is 0.338 e. The maximum atomic E-state index is 11.5. The second-order valence-corrected chi connectivity index (χ2v) is 3.13. The maximum Gasteiger partial charge on any atom is 0.338 e. The Morgan fingerprint density at radius 2 is 2.00 bits per heavy atom. The van der Waals surface area contributed by atoms with Gasteiger partial charge >= 0.3 is 11.9 Å². The minimum atomic E-state index is -0.551. The number of esters is 2. The molecule has 0 atom stereocenters. The van der Waals surface area contributed by atoms with Crippen LogP contribution in [-0.2, 0) is 14.3 Å². The first-order valence-corrected chi connectivity index (χ1v) is 4.95. The predicted molar refractivity (Wildman–Crippen MR) is 63.3 cm³/mol. The second-order valence-electron chi connectivity index (χ2n) is 3.13. The summed E-state index contributed by atoms with van der Waals surface area (Å²) in [6.07, 6.45) is 1.04. The molecule has 0 amide bonds. The van der Waals surface area contributed by atoms with Crippen LogP contribution in [-0.4, -0.2) is 33.0 Å². The molecule has 2 radical (unpaired) electrons. The van der Waals surface area contributed by atoms with Crippen LogP contribution in [0.4, 0.5) is 0 Å². The largest absolute Gasteiger partial charge is 0.459 e. The Morgan fingerprint density at radius 3 is 2.65 bits per heavy atom. The van der Waals surface area contributed by atoms with Gasteiger partial charge < -0.3 is 9.47 Å². The Hall–Kier alpha value is -2.04. The van der Waals surface area contributed by atoms with Crippen molar-refractivity contribution in [3.8, 4) is 0 Å². The van der Waals surface area contributed by atoms with Gasteiger partial charge in [0.2, 0.25) is 0 Å². The van der Waals surface area contributed by atoms with E-state index >= 15 is 0 Å². The number of benzene rings is 1. The highest BCUT2D eigenvalue weighted by Gasteiger charge is 2.06. The molecule has 0 saturated carbocycles. The average molecular weight is 230 g/mol. The normalized spacial score (nSPS) is 9.41. The van der Waals surface area contributed by atoms with Crippen molar-refractivity contribution in [2.45, 2.75) is 0 Å². The fourth-order valence-electron chi connectivity index (χ4n) is 1.08. The fourth-order valence-corrected chi connectivity index (χ4v) is 1.08. The predicted octanol–water partition coefficient (Wildman–Crippen LogP) is 0.366. The summed E-state index contributed by atoms with van der Waals surface area (Å²) in [5, 5.41) is 0. The van der Waals surface area contributed by atoms with Crippen molar-refractivity contribution in [1.29, 1.82) is 0 Å². The quantitative estimate of drug-likeness (QED) is 0.317. The van der Waals surface area contributed by atoms with Gasteiger partial charge in [0.25, 0.3) is 0 Å². The molecule has 0 bridgehead atoms. The average Bonchev–Trinajstić information content (AvgIpc) is 2.34. The van der Waals surface area contributed by atoms with Crippen LogP contribution in [0.2, 0.25) is 0 Å². The molecule has 1 aromatic rings. The molecular weight excluding hydrogens is 219 g/mol. The standard InChI is InChI=1S/C12H11BO4/c1-2-11(14)16-6-7-17-12(15)9-4-3-5-10(13)8-9/h2-5,8H,1,6-7H2. The van der Waals surface area contributed by atoms with Gasteiger partial charge in [0.15, 0.2) is 0 Å². The summed E-state index contributed by atoms with van der Waals surface area (Å²) in [6, 6.07) is 6.43. The summed E-state index contributed by atoms with van der Waals surface area (Å²) in [5.74, 6) is -1.06. The maximum absolute atomic E-state index is 11.5. The van der Waals surface area contributed by atoms with E-state index in [2.05, 4.69) is 11.3 Å². The molecule has 0 N–H and O–H groups in total. The Labute approximate surface area is 101 Å². The third-order valence-electron chi connectivity index (χ3n) is 1.85. The highest BCUT2D eigenvalue weighted by Crippen LogP contribution is 1.99. The van der Waals surface area contributed by atoms with E-state index in [1.165, 1.54) is 6.07 Å². The number of carbonyl (C=O) groups is 2. The van der Waals surface area contributed by atoms with Crippen molar-refractivity contribution in [1.82, 2.24) is 0 Å². The highest BCUT2D eigenvalue weighted by molar-refractivity contribution is 6.32. The van der Waals surface area contributed by atoms with E-state index in [0.29, 0.717) is 11.0 Å². The lowest BCUT2D eigenvalue weighted by Crippen LogP contribution is -2.14. The first-order chi connectivity index (χ1) is 8.13. The van der Waals surface area contributed by atoms with E-state index in [1.807, 2.05) is 0 Å². The van der Waals surface area contributed by atoms with Crippen molar-refractivity contribution in [3.05, 3.63) is 42.5 Å². The van der Waals surface area contributed by atoms with E-state index in [0.717, 1.165) is 6.08 Å². The minimum Gasteiger partial charge on any atom is -0.459 e. The summed E-state index contributed by atoms with van der Waals surface area (Å²) < 4.78 is 9.51. The van der Waals surface area contributed by atoms with Crippen molar-refractivity contribution < 1.29 is 19.1 Å². The molecule has 1 rings (SSSR count). The summed E-state index contributed by atoms with van der Waals surface area (Å²) >= 11 is 0. The van der Waals surface area contributed by atoms with Crippen molar-refractivity contribution in [2.24, 2.45) is 0 Å². The molecule has 1 aromatic carbocycles. The van der Waals surface area contributed by atoms with Crippen LogP contribution >= 0.6 is 0 Å². The van der Waals surface area contributed by atoms with Crippen molar-refractivity contribution >= 4 is 25.2 Å². The Bertz CT molecular complexity index is 428. The monoisotopic (exact) mass is 230 g/mol. The molecular formula is C12H11BO4. The molecule has 0 fully saturated rings. The van der Waals surface area contributed by atoms with Gasteiger partial charge in [-0.15, -0.1) is 0 Å². The van der Waals surface area contributed by atoms with Crippen LogP contribution in [0.15, 0.2) is 36.9 Å². The molecule has 0 aliphatic rings. The summed E-state index contributed by atoms with van der Waals surface area (Å²) in [5.41, 5.74) is 0.845. The van der Waals surface area contributed by atoms with Gasteiger partial charge in [0.1, 0.15) is 21.1 Å². The Balaban J connectivity index is 2.35. The zero-order chi connectivity index (χ0) is 12.7. The fraction of sp³-hybridized carbons (Fsp3) is 0.167. The van der Waals surface area contributed by atoms with Gasteiger partial charge in [-0.05, 0) is 6.07 Å². The number of ether oxygens (including phenoxy) is 2. The van der Waals surface area contributed by atoms with E-state index in [9.17, 15) is 9.59 Å². The molecule has 0 aliphatic carbocycles. The van der Waals surface area contributed by atoms with Gasteiger partial charge in [0.05, 0.1) is 5.56 Å². The van der Waals surface area contributed by atoms with Gasteiger partial charge in [0, 0.05) is 6.08 Å².